The number of aromatic nitrogens is 1. The molecule has 3 aliphatic carbocycles. The van der Waals surface area contributed by atoms with E-state index < -0.39 is 23.6 Å². The van der Waals surface area contributed by atoms with Crippen LogP contribution in [-0.2, 0) is 11.3 Å². The van der Waals surface area contributed by atoms with E-state index in [0.29, 0.717) is 47.8 Å². The number of nitrogens with zero attached hydrogens (tertiary/aromatic N) is 1. The van der Waals surface area contributed by atoms with Gasteiger partial charge in [0.1, 0.15) is 0 Å². The number of halogens is 3. The Hall–Kier alpha value is -2.77. The maximum Gasteiger partial charge on any atom is 0.412 e. The minimum Gasteiger partial charge on any atom is -0.481 e. The normalized spacial score (nSPS) is 24.1. The van der Waals surface area contributed by atoms with Crippen LogP contribution in [0.5, 0.6) is 0 Å². The van der Waals surface area contributed by atoms with Gasteiger partial charge in [0.25, 0.3) is 5.91 Å². The summed E-state index contributed by atoms with van der Waals surface area (Å²) in [6.45, 7) is 9.81. The van der Waals surface area contributed by atoms with Crippen LogP contribution in [0.25, 0.3) is 5.57 Å². The molecule has 0 atom stereocenters. The number of carboxylic acid groups (broad SMARTS) is 1. The topological polar surface area (TPSA) is 71.3 Å². The van der Waals surface area contributed by atoms with Gasteiger partial charge in [0.05, 0.1) is 11.5 Å². The third-order valence-corrected chi connectivity index (χ3v) is 8.82. The molecule has 0 saturated heterocycles. The summed E-state index contributed by atoms with van der Waals surface area (Å²) in [5, 5.41) is 12.1. The minimum absolute atomic E-state index is 0.105. The van der Waals surface area contributed by atoms with Gasteiger partial charge in [-0.1, -0.05) is 32.8 Å². The molecule has 0 unspecified atom stereocenters. The molecule has 1 aromatic rings. The molecule has 38 heavy (non-hydrogen) atoms. The maximum absolute atomic E-state index is 13.6. The number of carbonyl (C=O) groups excluding carboxylic acids is 1. The highest BCUT2D eigenvalue weighted by atomic mass is 19.4. The molecule has 0 spiro atoms. The summed E-state index contributed by atoms with van der Waals surface area (Å²) in [6.07, 6.45) is 6.70. The van der Waals surface area contributed by atoms with Gasteiger partial charge in [-0.25, -0.2) is 0 Å². The molecule has 1 heterocycles. The minimum atomic E-state index is -4.47. The Morgan fingerprint density at radius 3 is 2.37 bits per heavy atom. The molecule has 5 nitrogen and oxygen atoms in total. The molecule has 0 aromatic carbocycles. The Morgan fingerprint density at radius 2 is 1.82 bits per heavy atom. The molecule has 4 rings (SSSR count). The van der Waals surface area contributed by atoms with Gasteiger partial charge >= 0.3 is 12.1 Å². The molecule has 1 amide bonds. The molecule has 208 valence electrons. The molecule has 3 aliphatic rings. The van der Waals surface area contributed by atoms with Gasteiger partial charge in [0.2, 0.25) is 0 Å². The van der Waals surface area contributed by atoms with Crippen molar-refractivity contribution in [2.45, 2.75) is 97.3 Å². The molecule has 2 N–H and O–H groups in total. The lowest BCUT2D eigenvalue weighted by Crippen LogP contribution is -2.46. The van der Waals surface area contributed by atoms with Crippen LogP contribution in [0.3, 0.4) is 0 Å². The van der Waals surface area contributed by atoms with Crippen molar-refractivity contribution >= 4 is 17.4 Å². The second-order valence-corrected chi connectivity index (χ2v) is 11.8. The van der Waals surface area contributed by atoms with Crippen LogP contribution in [0.4, 0.5) is 13.2 Å². The number of aliphatic carboxylic acids is 1. The van der Waals surface area contributed by atoms with Crippen molar-refractivity contribution < 1.29 is 27.9 Å². The molecule has 3 saturated carbocycles. The lowest BCUT2D eigenvalue weighted by atomic mass is 9.80. The van der Waals surface area contributed by atoms with E-state index in [1.54, 1.807) is 12.1 Å². The zero-order chi connectivity index (χ0) is 27.8. The second kappa shape index (κ2) is 10.8. The number of alkyl halides is 3. The van der Waals surface area contributed by atoms with Crippen molar-refractivity contribution in [3.05, 3.63) is 52.9 Å². The summed E-state index contributed by atoms with van der Waals surface area (Å²) in [6, 6.07) is 1.49. The third kappa shape index (κ3) is 6.26. The van der Waals surface area contributed by atoms with Crippen molar-refractivity contribution in [3.63, 3.8) is 0 Å². The molecule has 0 bridgehead atoms. The first-order valence-electron chi connectivity index (χ1n) is 13.7. The Bertz CT molecular complexity index is 1160. The average Bonchev–Trinajstić information content (AvgIpc) is 3.50. The molecule has 0 aliphatic heterocycles. The lowest BCUT2D eigenvalue weighted by Gasteiger charge is -2.32. The smallest absolute Gasteiger partial charge is 0.412 e. The van der Waals surface area contributed by atoms with Crippen LogP contribution in [0, 0.1) is 24.2 Å². The van der Waals surface area contributed by atoms with Gasteiger partial charge < -0.3 is 15.0 Å². The number of carboxylic acids is 1. The maximum atomic E-state index is 13.6. The van der Waals surface area contributed by atoms with E-state index >= 15 is 0 Å². The zero-order valence-corrected chi connectivity index (χ0v) is 22.6. The van der Waals surface area contributed by atoms with Gasteiger partial charge in [-0.3, -0.25) is 9.59 Å². The monoisotopic (exact) mass is 532 g/mol. The van der Waals surface area contributed by atoms with Crippen LogP contribution < -0.4 is 5.32 Å². The van der Waals surface area contributed by atoms with Gasteiger partial charge in [-0.2, -0.15) is 13.2 Å². The Morgan fingerprint density at radius 1 is 1.18 bits per heavy atom. The summed E-state index contributed by atoms with van der Waals surface area (Å²) in [7, 11) is 0. The number of nitrogens with one attached hydrogen (secondary N) is 1. The molecular weight excluding hydrogens is 493 g/mol. The van der Waals surface area contributed by atoms with Gasteiger partial charge in [0.15, 0.2) is 0 Å². The largest absolute Gasteiger partial charge is 0.481 e. The number of hydrogen-bond acceptors (Lipinski definition) is 2. The number of rotatable bonds is 9. The highest BCUT2D eigenvalue weighted by molar-refractivity contribution is 5.97. The van der Waals surface area contributed by atoms with E-state index in [0.717, 1.165) is 51.0 Å². The van der Waals surface area contributed by atoms with Gasteiger partial charge in [0, 0.05) is 29.5 Å². The summed E-state index contributed by atoms with van der Waals surface area (Å²) in [5.41, 5.74) is 2.11. The van der Waals surface area contributed by atoms with E-state index in [1.807, 2.05) is 11.5 Å². The summed E-state index contributed by atoms with van der Waals surface area (Å²) in [5.74, 6) is -1.24. The fourth-order valence-electron chi connectivity index (χ4n) is 5.55. The van der Waals surface area contributed by atoms with Gasteiger partial charge in [-0.15, -0.1) is 0 Å². The van der Waals surface area contributed by atoms with Crippen molar-refractivity contribution in [1.82, 2.24) is 9.88 Å². The average molecular weight is 533 g/mol. The molecule has 1 aromatic heterocycles. The first-order valence-corrected chi connectivity index (χ1v) is 13.7. The predicted molar refractivity (Wildman–Crippen MR) is 142 cm³/mol. The summed E-state index contributed by atoms with van der Waals surface area (Å²) >= 11 is 0. The fourth-order valence-corrected chi connectivity index (χ4v) is 5.55. The first-order chi connectivity index (χ1) is 17.8. The van der Waals surface area contributed by atoms with Gasteiger partial charge in [-0.05, 0) is 93.1 Å². The Balaban J connectivity index is 1.73. The van der Waals surface area contributed by atoms with Crippen LogP contribution >= 0.6 is 0 Å². The second-order valence-electron chi connectivity index (χ2n) is 11.8. The van der Waals surface area contributed by atoms with Crippen LogP contribution in [0.1, 0.15) is 93.4 Å². The fraction of sp³-hybridized carbons (Fsp3) is 0.600. The molecular formula is C30H39F3N2O3. The van der Waals surface area contributed by atoms with Crippen molar-refractivity contribution in [3.8, 4) is 0 Å². The summed E-state index contributed by atoms with van der Waals surface area (Å²) < 4.78 is 42.9. The first kappa shape index (κ1) is 28.2. The number of hydrogen-bond donors (Lipinski definition) is 2. The van der Waals surface area contributed by atoms with Crippen molar-refractivity contribution in [2.75, 3.05) is 0 Å². The summed E-state index contributed by atoms with van der Waals surface area (Å²) in [4.78, 5) is 24.5. The highest BCUT2D eigenvalue weighted by Gasteiger charge is 2.40. The van der Waals surface area contributed by atoms with Crippen molar-refractivity contribution in [1.29, 1.82) is 0 Å². The van der Waals surface area contributed by atoms with E-state index in [-0.39, 0.29) is 17.4 Å². The van der Waals surface area contributed by atoms with E-state index in [9.17, 15) is 22.8 Å². The van der Waals surface area contributed by atoms with E-state index in [4.69, 9.17) is 5.11 Å². The number of carbonyl (C=O) groups is 2. The Labute approximate surface area is 222 Å². The van der Waals surface area contributed by atoms with Crippen molar-refractivity contribution in [2.24, 2.45) is 17.3 Å². The van der Waals surface area contributed by atoms with Crippen LogP contribution in [-0.4, -0.2) is 33.8 Å². The zero-order valence-electron chi connectivity index (χ0n) is 22.6. The molecule has 3 fully saturated rings. The molecule has 8 heteroatoms. The van der Waals surface area contributed by atoms with E-state index in [1.165, 1.54) is 12.5 Å². The van der Waals surface area contributed by atoms with E-state index in [2.05, 4.69) is 18.8 Å². The van der Waals surface area contributed by atoms with Crippen LogP contribution in [0.15, 0.2) is 35.9 Å². The highest BCUT2D eigenvalue weighted by Crippen LogP contribution is 2.52. The third-order valence-electron chi connectivity index (χ3n) is 8.82. The quantitative estimate of drug-likeness (QED) is 0.330. The van der Waals surface area contributed by atoms with Crippen LogP contribution in [0.2, 0.25) is 0 Å². The SMILES string of the molecule is C=C(/C=C(\C=C(/C)C(F)(F)F)c1cc(C(=O)N[C@H]2C[C@H](C(=O)O)C2)c(C)n1CC1CCCCC1)C1(C)CC1. The standard InChI is InChI=1S/C30H39F3N2O3/c1-18(29(4)10-11-29)12-22(13-19(2)30(31,32)33)26-16-25(27(36)34-24-14-23(15-24)28(37)38)20(3)35(26)17-21-8-6-5-7-9-21/h12-13,16,21,23-24H,1,5-11,14-15,17H2,2-4H3,(H,34,36)(H,37,38)/b19-13+,22-12+/t23-,24-. The Kier molecular flexibility index (Phi) is 8.01. The number of allylic oxidation sites excluding steroid dienone is 5. The molecule has 0 radical (unpaired) electrons. The number of amides is 1. The lowest BCUT2D eigenvalue weighted by molar-refractivity contribution is -0.145. The predicted octanol–water partition coefficient (Wildman–Crippen LogP) is 7.22.